The van der Waals surface area contributed by atoms with Crippen molar-refractivity contribution in [3.63, 3.8) is 0 Å². The summed E-state index contributed by atoms with van der Waals surface area (Å²) in [4.78, 5) is 44.5. The molecule has 0 radical (unpaired) electrons. The largest absolute Gasteiger partial charge is 0.440 e. The van der Waals surface area contributed by atoms with Gasteiger partial charge >= 0.3 is 5.97 Å². The topological polar surface area (TPSA) is 90.3 Å². The van der Waals surface area contributed by atoms with E-state index < -0.39 is 17.1 Å². The molecule has 2 aliphatic rings. The molecular formula is C26H27N3O4. The zero-order chi connectivity index (χ0) is 23.3. The predicted molar refractivity (Wildman–Crippen MR) is 125 cm³/mol. The van der Waals surface area contributed by atoms with Crippen molar-refractivity contribution < 1.29 is 14.3 Å². The number of carbonyl (C=O) groups excluding carboxylic acids is 2. The van der Waals surface area contributed by atoms with E-state index >= 15 is 0 Å². The summed E-state index contributed by atoms with van der Waals surface area (Å²) < 4.78 is 7.23. The van der Waals surface area contributed by atoms with Crippen LogP contribution in [0, 0.1) is 0 Å². The predicted octanol–water partition coefficient (Wildman–Crippen LogP) is 3.68. The minimum Gasteiger partial charge on any atom is -0.440 e. The fraction of sp³-hybridized carbons (Fsp3) is 0.385. The lowest BCUT2D eigenvalue weighted by molar-refractivity contribution is -0.140. The smallest absolute Gasteiger partial charge is 0.345 e. The van der Waals surface area contributed by atoms with Gasteiger partial charge in [0.1, 0.15) is 5.56 Å². The fourth-order valence-corrected chi connectivity index (χ4v) is 5.16. The van der Waals surface area contributed by atoms with E-state index in [4.69, 9.17) is 9.72 Å². The number of cyclic esters (lactones) is 1. The molecule has 2 aliphatic heterocycles. The molecule has 7 nitrogen and oxygen atoms in total. The summed E-state index contributed by atoms with van der Waals surface area (Å²) in [6.45, 7) is 6.77. The normalized spacial score (nSPS) is 18.1. The molecule has 0 bridgehead atoms. The van der Waals surface area contributed by atoms with Crippen LogP contribution in [0.25, 0.3) is 22.3 Å². The van der Waals surface area contributed by atoms with Crippen LogP contribution in [0.1, 0.15) is 67.1 Å². The lowest BCUT2D eigenvalue weighted by atomic mass is 9.88. The first-order valence-corrected chi connectivity index (χ1v) is 11.7. The van der Waals surface area contributed by atoms with Crippen molar-refractivity contribution in [2.75, 3.05) is 6.54 Å². The van der Waals surface area contributed by atoms with Gasteiger partial charge in [0, 0.05) is 23.1 Å². The molecule has 0 saturated heterocycles. The number of pyridine rings is 2. The molecule has 0 spiro atoms. The third kappa shape index (κ3) is 2.95. The minimum absolute atomic E-state index is 0.0401. The highest BCUT2D eigenvalue weighted by molar-refractivity contribution is 6.02. The van der Waals surface area contributed by atoms with Crippen molar-refractivity contribution >= 4 is 22.8 Å². The Morgan fingerprint density at radius 1 is 1.21 bits per heavy atom. The number of hydrogen-bond donors (Lipinski definition) is 1. The van der Waals surface area contributed by atoms with E-state index in [9.17, 15) is 14.4 Å². The summed E-state index contributed by atoms with van der Waals surface area (Å²) in [6.07, 6.45) is 2.80. The van der Waals surface area contributed by atoms with E-state index in [0.29, 0.717) is 24.3 Å². The number of aromatic nitrogens is 2. The van der Waals surface area contributed by atoms with Gasteiger partial charge in [-0.15, -0.1) is 0 Å². The third-order valence-corrected chi connectivity index (χ3v) is 6.91. The highest BCUT2D eigenvalue weighted by atomic mass is 16.6. The Kier molecular flexibility index (Phi) is 5.07. The number of ether oxygens (including phenoxy) is 1. The molecule has 1 aromatic carbocycles. The molecule has 5 rings (SSSR count). The van der Waals surface area contributed by atoms with Crippen LogP contribution in [0.5, 0.6) is 0 Å². The number of amides is 1. The minimum atomic E-state index is -1.50. The zero-order valence-electron chi connectivity index (χ0n) is 19.2. The Bertz CT molecular complexity index is 1370. The molecule has 0 fully saturated rings. The maximum atomic E-state index is 13.5. The molecule has 3 aromatic rings. The van der Waals surface area contributed by atoms with Crippen molar-refractivity contribution in [3.05, 3.63) is 62.9 Å². The number of unbranched alkanes of at least 4 members (excludes halogenated alkanes) is 1. The molecule has 0 aliphatic carbocycles. The van der Waals surface area contributed by atoms with Gasteiger partial charge in [-0.05, 0) is 37.0 Å². The fourth-order valence-electron chi connectivity index (χ4n) is 5.16. The summed E-state index contributed by atoms with van der Waals surface area (Å²) in [5.41, 5.74) is 2.77. The number of carbonyl (C=O) groups is 2. The molecule has 1 amide bonds. The molecule has 0 unspecified atom stereocenters. The van der Waals surface area contributed by atoms with Gasteiger partial charge in [-0.2, -0.15) is 0 Å². The second kappa shape index (κ2) is 7.83. The van der Waals surface area contributed by atoms with Gasteiger partial charge in [0.05, 0.1) is 23.4 Å². The number of esters is 1. The number of hydrogen-bond acceptors (Lipinski definition) is 5. The second-order valence-corrected chi connectivity index (χ2v) is 8.68. The Morgan fingerprint density at radius 3 is 2.73 bits per heavy atom. The van der Waals surface area contributed by atoms with E-state index in [1.54, 1.807) is 17.6 Å². The zero-order valence-corrected chi connectivity index (χ0v) is 19.2. The summed E-state index contributed by atoms with van der Waals surface area (Å²) >= 11 is 0. The second-order valence-electron chi connectivity index (χ2n) is 8.68. The van der Waals surface area contributed by atoms with Crippen molar-refractivity contribution in [1.82, 2.24) is 14.9 Å². The SMILES string of the molecule is CCCCNC(=O)[C@]1(CC)OC(=O)c2c1cc1n(c2=O)Cc2c-1nc1ccccc1c2CC. The number of nitrogens with one attached hydrogen (secondary N) is 1. The first kappa shape index (κ1) is 21.4. The van der Waals surface area contributed by atoms with Gasteiger partial charge in [0.15, 0.2) is 0 Å². The molecular weight excluding hydrogens is 418 g/mol. The number of rotatable bonds is 6. The molecule has 7 heteroatoms. The Morgan fingerprint density at radius 2 is 2.00 bits per heavy atom. The van der Waals surface area contributed by atoms with E-state index in [-0.39, 0.29) is 17.9 Å². The van der Waals surface area contributed by atoms with Crippen LogP contribution in [0.3, 0.4) is 0 Å². The number of benzene rings is 1. The number of fused-ring (bicyclic) bond motifs is 5. The molecule has 4 heterocycles. The number of nitrogens with zero attached hydrogens (tertiary/aromatic N) is 2. The van der Waals surface area contributed by atoms with Crippen LogP contribution in [-0.2, 0) is 28.1 Å². The van der Waals surface area contributed by atoms with E-state index in [0.717, 1.165) is 47.0 Å². The van der Waals surface area contributed by atoms with Crippen LogP contribution >= 0.6 is 0 Å². The number of para-hydroxylation sites is 1. The van der Waals surface area contributed by atoms with Crippen LogP contribution in [0.2, 0.25) is 0 Å². The molecule has 170 valence electrons. The van der Waals surface area contributed by atoms with E-state index in [2.05, 4.69) is 12.2 Å². The highest BCUT2D eigenvalue weighted by Gasteiger charge is 2.52. The summed E-state index contributed by atoms with van der Waals surface area (Å²) in [6, 6.07) is 9.72. The first-order valence-electron chi connectivity index (χ1n) is 11.7. The van der Waals surface area contributed by atoms with Crippen molar-refractivity contribution in [3.8, 4) is 11.4 Å². The highest BCUT2D eigenvalue weighted by Crippen LogP contribution is 2.43. The quantitative estimate of drug-likeness (QED) is 0.361. The van der Waals surface area contributed by atoms with Crippen LogP contribution in [0.15, 0.2) is 35.1 Å². The summed E-state index contributed by atoms with van der Waals surface area (Å²) in [5, 5.41) is 3.96. The van der Waals surface area contributed by atoms with Crippen LogP contribution < -0.4 is 10.9 Å². The van der Waals surface area contributed by atoms with E-state index in [1.807, 2.05) is 31.2 Å². The van der Waals surface area contributed by atoms with Gasteiger partial charge in [0.25, 0.3) is 11.5 Å². The maximum absolute atomic E-state index is 13.5. The molecule has 1 N–H and O–H groups in total. The number of aryl methyl sites for hydroxylation is 1. The molecule has 0 saturated carbocycles. The van der Waals surface area contributed by atoms with Crippen LogP contribution in [-0.4, -0.2) is 28.0 Å². The van der Waals surface area contributed by atoms with Crippen molar-refractivity contribution in [2.45, 2.75) is 58.6 Å². The molecule has 1 atom stereocenters. The Balaban J connectivity index is 1.72. The van der Waals surface area contributed by atoms with Gasteiger partial charge in [-0.3, -0.25) is 9.59 Å². The maximum Gasteiger partial charge on any atom is 0.345 e. The Hall–Kier alpha value is -3.48. The average molecular weight is 446 g/mol. The van der Waals surface area contributed by atoms with Crippen molar-refractivity contribution in [1.29, 1.82) is 0 Å². The van der Waals surface area contributed by atoms with Gasteiger partial charge in [0.2, 0.25) is 5.60 Å². The standard InChI is InChI=1S/C26H27N3O4/c1-4-7-12-27-25(32)26(6-3)18-13-20-22-17(14-29(20)23(30)21(18)24(31)33-26)15(5-2)16-10-8-9-11-19(16)28-22/h8-11,13H,4-7,12,14H2,1-3H3,(H,27,32)/t26-/m1/s1. The average Bonchev–Trinajstić information content (AvgIpc) is 3.33. The summed E-state index contributed by atoms with van der Waals surface area (Å²) in [5.74, 6) is -1.11. The first-order chi connectivity index (χ1) is 16.0. The molecule has 2 aromatic heterocycles. The van der Waals surface area contributed by atoms with E-state index in [1.165, 1.54) is 0 Å². The van der Waals surface area contributed by atoms with Gasteiger partial charge < -0.3 is 14.6 Å². The lowest BCUT2D eigenvalue weighted by Gasteiger charge is -2.26. The van der Waals surface area contributed by atoms with Crippen LogP contribution in [0.4, 0.5) is 0 Å². The molecule has 33 heavy (non-hydrogen) atoms. The van der Waals surface area contributed by atoms with Crippen molar-refractivity contribution in [2.24, 2.45) is 0 Å². The Labute approximate surface area is 191 Å². The van der Waals surface area contributed by atoms with Gasteiger partial charge in [-0.25, -0.2) is 9.78 Å². The van der Waals surface area contributed by atoms with Gasteiger partial charge in [-0.1, -0.05) is 45.4 Å². The summed E-state index contributed by atoms with van der Waals surface area (Å²) in [7, 11) is 0. The third-order valence-electron chi connectivity index (χ3n) is 6.91. The lowest BCUT2D eigenvalue weighted by Crippen LogP contribution is -2.45. The monoisotopic (exact) mass is 445 g/mol.